The van der Waals surface area contributed by atoms with Crippen LogP contribution in [-0.4, -0.2) is 27.4 Å². The predicted molar refractivity (Wildman–Crippen MR) is 67.8 cm³/mol. The summed E-state index contributed by atoms with van der Waals surface area (Å²) in [7, 11) is 0. The fourth-order valence-corrected chi connectivity index (χ4v) is 1.49. The largest absolute Gasteiger partial charge is 0.464 e. The van der Waals surface area contributed by atoms with Crippen LogP contribution in [0.25, 0.3) is 0 Å². The van der Waals surface area contributed by atoms with Crippen molar-refractivity contribution in [2.45, 2.75) is 20.3 Å². The molecule has 1 aromatic heterocycles. The standard InChI is InChI=1S/C12H14N2O2S/c1-3-16-12-13-8-11(9-14-12)6-4-5-7-17-10(2)15/h8-9H,3,5,7H2,1-2H3. The summed E-state index contributed by atoms with van der Waals surface area (Å²) in [5.41, 5.74) is 0.751. The maximum Gasteiger partial charge on any atom is 0.316 e. The monoisotopic (exact) mass is 250 g/mol. The van der Waals surface area contributed by atoms with Crippen LogP contribution in [0.2, 0.25) is 0 Å². The maximum absolute atomic E-state index is 10.7. The van der Waals surface area contributed by atoms with E-state index in [2.05, 4.69) is 21.8 Å². The third-order valence-corrected chi connectivity index (χ3v) is 2.48. The Balaban J connectivity index is 2.40. The lowest BCUT2D eigenvalue weighted by Gasteiger charge is -1.98. The molecule has 0 aliphatic heterocycles. The zero-order valence-corrected chi connectivity index (χ0v) is 10.7. The molecule has 0 aliphatic carbocycles. The molecule has 1 rings (SSSR count). The van der Waals surface area contributed by atoms with E-state index in [1.54, 1.807) is 19.3 Å². The van der Waals surface area contributed by atoms with Crippen LogP contribution in [0.3, 0.4) is 0 Å². The van der Waals surface area contributed by atoms with Crippen LogP contribution in [0.1, 0.15) is 25.8 Å². The molecule has 0 bridgehead atoms. The summed E-state index contributed by atoms with van der Waals surface area (Å²) in [6.07, 6.45) is 3.93. The van der Waals surface area contributed by atoms with Crippen molar-refractivity contribution in [3.63, 3.8) is 0 Å². The number of aromatic nitrogens is 2. The molecular weight excluding hydrogens is 236 g/mol. The highest BCUT2D eigenvalue weighted by molar-refractivity contribution is 8.13. The molecule has 0 amide bonds. The molecule has 0 atom stereocenters. The minimum absolute atomic E-state index is 0.121. The van der Waals surface area contributed by atoms with Crippen molar-refractivity contribution in [1.82, 2.24) is 9.97 Å². The van der Waals surface area contributed by atoms with Gasteiger partial charge in [0, 0.05) is 31.5 Å². The lowest BCUT2D eigenvalue weighted by molar-refractivity contribution is -0.109. The molecule has 0 fully saturated rings. The molecule has 0 aliphatic rings. The quantitative estimate of drug-likeness (QED) is 0.603. The van der Waals surface area contributed by atoms with Crippen molar-refractivity contribution in [1.29, 1.82) is 0 Å². The van der Waals surface area contributed by atoms with Crippen LogP contribution in [0.15, 0.2) is 12.4 Å². The first-order valence-electron chi connectivity index (χ1n) is 5.29. The van der Waals surface area contributed by atoms with Gasteiger partial charge in [-0.1, -0.05) is 23.6 Å². The molecule has 0 N–H and O–H groups in total. The van der Waals surface area contributed by atoms with E-state index in [1.807, 2.05) is 6.92 Å². The predicted octanol–water partition coefficient (Wildman–Crippen LogP) is 1.90. The Kier molecular flexibility index (Phi) is 6.12. The fraction of sp³-hybridized carbons (Fsp3) is 0.417. The molecule has 0 radical (unpaired) electrons. The molecule has 0 unspecified atom stereocenters. The molecule has 1 aromatic rings. The van der Waals surface area contributed by atoms with Crippen molar-refractivity contribution >= 4 is 16.9 Å². The Labute approximate surface area is 105 Å². The van der Waals surface area contributed by atoms with Crippen LogP contribution in [0.4, 0.5) is 0 Å². The van der Waals surface area contributed by atoms with Gasteiger partial charge in [-0.2, -0.15) is 0 Å². The lowest BCUT2D eigenvalue weighted by Crippen LogP contribution is -1.96. The van der Waals surface area contributed by atoms with Gasteiger partial charge in [-0.15, -0.1) is 0 Å². The van der Waals surface area contributed by atoms with Gasteiger partial charge in [-0.05, 0) is 6.92 Å². The van der Waals surface area contributed by atoms with Crippen LogP contribution < -0.4 is 4.74 Å². The van der Waals surface area contributed by atoms with Crippen LogP contribution in [-0.2, 0) is 4.79 Å². The van der Waals surface area contributed by atoms with Crippen LogP contribution in [0, 0.1) is 11.8 Å². The lowest BCUT2D eigenvalue weighted by atomic mass is 10.3. The van der Waals surface area contributed by atoms with Gasteiger partial charge in [0.25, 0.3) is 0 Å². The second kappa shape index (κ2) is 7.69. The third kappa shape index (κ3) is 5.93. The molecule has 4 nitrogen and oxygen atoms in total. The summed E-state index contributed by atoms with van der Waals surface area (Å²) < 4.78 is 5.12. The molecular formula is C12H14N2O2S. The summed E-state index contributed by atoms with van der Waals surface area (Å²) >= 11 is 1.28. The Bertz CT molecular complexity index is 420. The molecule has 0 spiro atoms. The van der Waals surface area contributed by atoms with Crippen LogP contribution >= 0.6 is 11.8 Å². The summed E-state index contributed by atoms with van der Waals surface area (Å²) in [6.45, 7) is 3.98. The summed E-state index contributed by atoms with van der Waals surface area (Å²) in [6, 6.07) is 0.366. The molecule has 1 heterocycles. The van der Waals surface area contributed by atoms with Gasteiger partial charge in [0.05, 0.1) is 12.2 Å². The van der Waals surface area contributed by atoms with Crippen molar-refractivity contribution in [3.8, 4) is 17.9 Å². The van der Waals surface area contributed by atoms with Crippen molar-refractivity contribution in [3.05, 3.63) is 18.0 Å². The molecule has 0 aromatic carbocycles. The van der Waals surface area contributed by atoms with E-state index in [0.717, 1.165) is 11.3 Å². The number of thioether (sulfide) groups is 1. The number of ether oxygens (including phenoxy) is 1. The topological polar surface area (TPSA) is 52.1 Å². The van der Waals surface area contributed by atoms with Gasteiger partial charge in [-0.3, -0.25) is 4.79 Å². The molecule has 0 saturated carbocycles. The minimum atomic E-state index is 0.121. The van der Waals surface area contributed by atoms with E-state index in [1.165, 1.54) is 11.8 Å². The Morgan fingerprint density at radius 1 is 1.47 bits per heavy atom. The number of rotatable bonds is 4. The van der Waals surface area contributed by atoms with Gasteiger partial charge in [0.15, 0.2) is 5.12 Å². The normalized spacial score (nSPS) is 9.29. The number of hydrogen-bond donors (Lipinski definition) is 0. The van der Waals surface area contributed by atoms with Crippen molar-refractivity contribution in [2.75, 3.05) is 12.4 Å². The first-order valence-corrected chi connectivity index (χ1v) is 6.28. The first-order chi connectivity index (χ1) is 8.22. The van der Waals surface area contributed by atoms with E-state index < -0.39 is 0 Å². The Hall–Kier alpha value is -1.54. The van der Waals surface area contributed by atoms with Gasteiger partial charge in [0.1, 0.15) is 0 Å². The molecule has 90 valence electrons. The zero-order chi connectivity index (χ0) is 12.5. The second-order valence-electron chi connectivity index (χ2n) is 3.08. The van der Waals surface area contributed by atoms with E-state index in [9.17, 15) is 4.79 Å². The van der Waals surface area contributed by atoms with Gasteiger partial charge in [-0.25, -0.2) is 9.97 Å². The van der Waals surface area contributed by atoms with E-state index in [0.29, 0.717) is 19.0 Å². The highest BCUT2D eigenvalue weighted by Crippen LogP contribution is 2.03. The van der Waals surface area contributed by atoms with Gasteiger partial charge < -0.3 is 4.74 Å². The number of carbonyl (C=O) groups excluding carboxylic acids is 1. The second-order valence-corrected chi connectivity index (χ2v) is 4.35. The first kappa shape index (κ1) is 13.5. The molecule has 5 heteroatoms. The maximum atomic E-state index is 10.7. The number of nitrogens with zero attached hydrogens (tertiary/aromatic N) is 2. The zero-order valence-electron chi connectivity index (χ0n) is 9.90. The number of hydrogen-bond acceptors (Lipinski definition) is 5. The third-order valence-electron chi connectivity index (χ3n) is 1.67. The fourth-order valence-electron chi connectivity index (χ4n) is 0.995. The van der Waals surface area contributed by atoms with Gasteiger partial charge in [0.2, 0.25) is 0 Å². The average Bonchev–Trinajstić information content (AvgIpc) is 2.31. The molecule has 0 saturated heterocycles. The molecule has 17 heavy (non-hydrogen) atoms. The Morgan fingerprint density at radius 2 is 2.18 bits per heavy atom. The van der Waals surface area contributed by atoms with Crippen LogP contribution in [0.5, 0.6) is 6.01 Å². The summed E-state index contributed by atoms with van der Waals surface area (Å²) in [5, 5.41) is 0.121. The van der Waals surface area contributed by atoms with E-state index in [-0.39, 0.29) is 5.12 Å². The van der Waals surface area contributed by atoms with Crippen molar-refractivity contribution in [2.24, 2.45) is 0 Å². The summed E-state index contributed by atoms with van der Waals surface area (Å²) in [5.74, 6) is 6.62. The smallest absolute Gasteiger partial charge is 0.316 e. The average molecular weight is 250 g/mol. The number of carbonyl (C=O) groups is 1. The summed E-state index contributed by atoms with van der Waals surface area (Å²) in [4.78, 5) is 18.7. The highest BCUT2D eigenvalue weighted by Gasteiger charge is 1.94. The SMILES string of the molecule is CCOc1ncc(C#CCCSC(C)=O)cn1. The van der Waals surface area contributed by atoms with Gasteiger partial charge >= 0.3 is 6.01 Å². The Morgan fingerprint density at radius 3 is 2.76 bits per heavy atom. The highest BCUT2D eigenvalue weighted by atomic mass is 32.2. The van der Waals surface area contributed by atoms with Crippen molar-refractivity contribution < 1.29 is 9.53 Å². The minimum Gasteiger partial charge on any atom is -0.464 e. The van der Waals surface area contributed by atoms with E-state index in [4.69, 9.17) is 4.74 Å². The van der Waals surface area contributed by atoms with E-state index >= 15 is 0 Å².